The topological polar surface area (TPSA) is 72.5 Å². The van der Waals surface area contributed by atoms with E-state index in [1.807, 2.05) is 0 Å². The number of rotatable bonds is 6. The number of amides is 1. The number of hydrogen-bond donors (Lipinski definition) is 1. The van der Waals surface area contributed by atoms with Crippen molar-refractivity contribution < 1.29 is 17.9 Å². The molecule has 1 aromatic rings. The third-order valence-corrected chi connectivity index (χ3v) is 5.39. The number of carbonyl (C=O) groups is 1. The number of carbonyl (C=O) groups excluding carboxylic acids is 1. The van der Waals surface area contributed by atoms with Gasteiger partial charge in [0.05, 0.1) is 17.6 Å². The Morgan fingerprint density at radius 2 is 2.04 bits per heavy atom. The Balaban J connectivity index is 1.81. The van der Waals surface area contributed by atoms with Crippen LogP contribution in [0.25, 0.3) is 0 Å². The highest BCUT2D eigenvalue weighted by Gasteiger charge is 2.21. The van der Waals surface area contributed by atoms with Crippen molar-refractivity contribution in [3.63, 3.8) is 0 Å². The maximum absolute atomic E-state index is 12.1. The normalized spacial score (nSPS) is 21.8. The number of nitrogens with one attached hydrogen (secondary N) is 1. The first kappa shape index (κ1) is 17.9. The lowest BCUT2D eigenvalue weighted by Gasteiger charge is -2.28. The van der Waals surface area contributed by atoms with Crippen molar-refractivity contribution in [2.24, 2.45) is 5.92 Å². The second-order valence-corrected chi connectivity index (χ2v) is 8.24. The van der Waals surface area contributed by atoms with Gasteiger partial charge in [0.25, 0.3) is 5.91 Å². The van der Waals surface area contributed by atoms with Gasteiger partial charge in [-0.3, -0.25) is 4.79 Å². The van der Waals surface area contributed by atoms with Crippen LogP contribution in [0.4, 0.5) is 0 Å². The number of ether oxygens (including phenoxy) is 1. The predicted octanol–water partition coefficient (Wildman–Crippen LogP) is 2.42. The SMILES string of the molecule is C[C@H]1CCCC[C@@H]1OCCNC(=O)c1cccc(S(C)(=O)=O)c1. The largest absolute Gasteiger partial charge is 0.376 e. The van der Waals surface area contributed by atoms with Gasteiger partial charge in [-0.05, 0) is 37.0 Å². The minimum absolute atomic E-state index is 0.150. The summed E-state index contributed by atoms with van der Waals surface area (Å²) in [4.78, 5) is 12.2. The molecule has 0 aliphatic heterocycles. The van der Waals surface area contributed by atoms with Gasteiger partial charge in [-0.2, -0.15) is 0 Å². The molecule has 5 nitrogen and oxygen atoms in total. The molecule has 0 spiro atoms. The Morgan fingerprint density at radius 3 is 2.74 bits per heavy atom. The highest BCUT2D eigenvalue weighted by atomic mass is 32.2. The minimum atomic E-state index is -3.31. The molecular formula is C17H25NO4S. The second-order valence-electron chi connectivity index (χ2n) is 6.23. The zero-order valence-corrected chi connectivity index (χ0v) is 14.6. The van der Waals surface area contributed by atoms with Crippen LogP contribution in [0, 0.1) is 5.92 Å². The summed E-state index contributed by atoms with van der Waals surface area (Å²) < 4.78 is 28.9. The Bertz CT molecular complexity index is 642. The van der Waals surface area contributed by atoms with Crippen LogP contribution >= 0.6 is 0 Å². The summed E-state index contributed by atoms with van der Waals surface area (Å²) in [6, 6.07) is 6.06. The number of benzene rings is 1. The van der Waals surface area contributed by atoms with Gasteiger partial charge in [0.15, 0.2) is 9.84 Å². The van der Waals surface area contributed by atoms with Gasteiger partial charge >= 0.3 is 0 Å². The Morgan fingerprint density at radius 1 is 1.30 bits per heavy atom. The molecule has 0 heterocycles. The van der Waals surface area contributed by atoms with E-state index in [-0.39, 0.29) is 16.9 Å². The summed E-state index contributed by atoms with van der Waals surface area (Å²) in [7, 11) is -3.31. The monoisotopic (exact) mass is 339 g/mol. The predicted molar refractivity (Wildman–Crippen MR) is 89.3 cm³/mol. The van der Waals surface area contributed by atoms with E-state index in [0.717, 1.165) is 12.7 Å². The lowest BCUT2D eigenvalue weighted by molar-refractivity contribution is -0.00293. The molecule has 1 amide bonds. The Labute approximate surface area is 138 Å². The van der Waals surface area contributed by atoms with Crippen LogP contribution in [0.2, 0.25) is 0 Å². The van der Waals surface area contributed by atoms with Crippen LogP contribution in [0.3, 0.4) is 0 Å². The van der Waals surface area contributed by atoms with E-state index in [1.54, 1.807) is 12.1 Å². The molecular weight excluding hydrogens is 314 g/mol. The third kappa shape index (κ3) is 5.32. The molecule has 0 aromatic heterocycles. The second kappa shape index (κ2) is 7.93. The smallest absolute Gasteiger partial charge is 0.251 e. The Hall–Kier alpha value is -1.40. The van der Waals surface area contributed by atoms with Crippen LogP contribution in [0.5, 0.6) is 0 Å². The van der Waals surface area contributed by atoms with Gasteiger partial charge < -0.3 is 10.1 Å². The van der Waals surface area contributed by atoms with Crippen molar-refractivity contribution in [1.29, 1.82) is 0 Å². The first-order valence-electron chi connectivity index (χ1n) is 8.08. The number of hydrogen-bond acceptors (Lipinski definition) is 4. The van der Waals surface area contributed by atoms with E-state index in [1.165, 1.54) is 31.4 Å². The summed E-state index contributed by atoms with van der Waals surface area (Å²) >= 11 is 0. The van der Waals surface area contributed by atoms with Crippen molar-refractivity contribution >= 4 is 15.7 Å². The van der Waals surface area contributed by atoms with Gasteiger partial charge in [0.2, 0.25) is 0 Å². The average molecular weight is 339 g/mol. The van der Waals surface area contributed by atoms with Crippen LogP contribution in [-0.4, -0.2) is 39.8 Å². The molecule has 1 aromatic carbocycles. The van der Waals surface area contributed by atoms with E-state index in [2.05, 4.69) is 12.2 Å². The molecule has 0 radical (unpaired) electrons. The molecule has 2 rings (SSSR count). The summed E-state index contributed by atoms with van der Waals surface area (Å²) in [6.07, 6.45) is 6.19. The lowest BCUT2D eigenvalue weighted by Crippen LogP contribution is -2.31. The van der Waals surface area contributed by atoms with E-state index < -0.39 is 9.84 Å². The standard InChI is InChI=1S/C17H25NO4S/c1-13-6-3-4-9-16(13)22-11-10-18-17(19)14-7-5-8-15(12-14)23(2,20)21/h5,7-8,12-13,16H,3-4,6,9-11H2,1-2H3,(H,18,19)/t13-,16-/m0/s1. The molecule has 0 unspecified atom stereocenters. The fraction of sp³-hybridized carbons (Fsp3) is 0.588. The molecule has 0 saturated heterocycles. The highest BCUT2D eigenvalue weighted by Crippen LogP contribution is 2.25. The van der Waals surface area contributed by atoms with Crippen molar-refractivity contribution in [2.45, 2.75) is 43.6 Å². The van der Waals surface area contributed by atoms with Crippen molar-refractivity contribution in [3.8, 4) is 0 Å². The van der Waals surface area contributed by atoms with Crippen LogP contribution < -0.4 is 5.32 Å². The van der Waals surface area contributed by atoms with E-state index >= 15 is 0 Å². The first-order valence-corrected chi connectivity index (χ1v) is 9.97. The summed E-state index contributed by atoms with van der Waals surface area (Å²) in [6.45, 7) is 3.11. The molecule has 2 atom stereocenters. The molecule has 1 N–H and O–H groups in total. The summed E-state index contributed by atoms with van der Waals surface area (Å²) in [5, 5.41) is 2.77. The summed E-state index contributed by atoms with van der Waals surface area (Å²) in [5.41, 5.74) is 0.346. The van der Waals surface area contributed by atoms with Gasteiger partial charge in [0, 0.05) is 18.4 Å². The summed E-state index contributed by atoms with van der Waals surface area (Å²) in [5.74, 6) is 0.293. The molecule has 23 heavy (non-hydrogen) atoms. The quantitative estimate of drug-likeness (QED) is 0.808. The minimum Gasteiger partial charge on any atom is -0.376 e. The molecule has 1 aliphatic carbocycles. The number of sulfone groups is 1. The molecule has 1 saturated carbocycles. The van der Waals surface area contributed by atoms with Gasteiger partial charge in [-0.15, -0.1) is 0 Å². The van der Waals surface area contributed by atoms with Crippen molar-refractivity contribution in [2.75, 3.05) is 19.4 Å². The molecule has 1 fully saturated rings. The third-order valence-electron chi connectivity index (χ3n) is 4.28. The fourth-order valence-electron chi connectivity index (χ4n) is 2.87. The zero-order chi connectivity index (χ0) is 16.9. The van der Waals surface area contributed by atoms with Crippen LogP contribution in [-0.2, 0) is 14.6 Å². The van der Waals surface area contributed by atoms with Gasteiger partial charge in [-0.25, -0.2) is 8.42 Å². The molecule has 6 heteroatoms. The maximum Gasteiger partial charge on any atom is 0.251 e. The lowest BCUT2D eigenvalue weighted by atomic mass is 9.88. The van der Waals surface area contributed by atoms with E-state index in [4.69, 9.17) is 4.74 Å². The average Bonchev–Trinajstić information content (AvgIpc) is 2.52. The van der Waals surface area contributed by atoms with Gasteiger partial charge in [-0.1, -0.05) is 25.8 Å². The van der Waals surface area contributed by atoms with Gasteiger partial charge in [0.1, 0.15) is 0 Å². The first-order chi connectivity index (χ1) is 10.9. The maximum atomic E-state index is 12.1. The van der Waals surface area contributed by atoms with Crippen molar-refractivity contribution in [3.05, 3.63) is 29.8 Å². The van der Waals surface area contributed by atoms with E-state index in [9.17, 15) is 13.2 Å². The fourth-order valence-corrected chi connectivity index (χ4v) is 3.54. The molecule has 1 aliphatic rings. The Kier molecular flexibility index (Phi) is 6.18. The van der Waals surface area contributed by atoms with E-state index in [0.29, 0.717) is 24.6 Å². The molecule has 128 valence electrons. The van der Waals surface area contributed by atoms with Crippen molar-refractivity contribution in [1.82, 2.24) is 5.32 Å². The highest BCUT2D eigenvalue weighted by molar-refractivity contribution is 7.90. The zero-order valence-electron chi connectivity index (χ0n) is 13.7. The van der Waals surface area contributed by atoms with Crippen LogP contribution in [0.15, 0.2) is 29.2 Å². The van der Waals surface area contributed by atoms with Crippen LogP contribution in [0.1, 0.15) is 43.0 Å². The molecule has 0 bridgehead atoms.